The Bertz CT molecular complexity index is 156. The van der Waals surface area contributed by atoms with Gasteiger partial charge in [0.25, 0.3) is 0 Å². The van der Waals surface area contributed by atoms with Gasteiger partial charge >= 0.3 is 0 Å². The summed E-state index contributed by atoms with van der Waals surface area (Å²) in [5.74, 6) is 0.654. The quantitative estimate of drug-likeness (QED) is 0.572. The number of hydrogen-bond acceptors (Lipinski definition) is 2. The summed E-state index contributed by atoms with van der Waals surface area (Å²) in [5.41, 5.74) is 0. The topological polar surface area (TPSA) is 49.3 Å². The molecule has 1 heterocycles. The van der Waals surface area contributed by atoms with Crippen molar-refractivity contribution in [2.75, 3.05) is 6.61 Å². The molecule has 1 saturated heterocycles. The van der Waals surface area contributed by atoms with Gasteiger partial charge in [0.1, 0.15) is 0 Å². The third kappa shape index (κ3) is 1.53. The van der Waals surface area contributed by atoms with Crippen LogP contribution in [0.25, 0.3) is 0 Å². The Balaban J connectivity index is 2.41. The van der Waals surface area contributed by atoms with E-state index in [9.17, 15) is 4.79 Å². The fourth-order valence-corrected chi connectivity index (χ4v) is 1.61. The lowest BCUT2D eigenvalue weighted by molar-refractivity contribution is -0.137. The molecule has 3 heteroatoms. The van der Waals surface area contributed by atoms with Crippen LogP contribution in [0.1, 0.15) is 20.3 Å². The number of carbonyl (C=O) groups excluding carboxylic acids is 1. The van der Waals surface area contributed by atoms with Crippen LogP contribution in [0.15, 0.2) is 0 Å². The summed E-state index contributed by atoms with van der Waals surface area (Å²) in [4.78, 5) is 11.0. The molecule has 0 spiro atoms. The van der Waals surface area contributed by atoms with Crippen molar-refractivity contribution in [1.29, 1.82) is 0 Å². The summed E-state index contributed by atoms with van der Waals surface area (Å²) in [6.45, 7) is 4.23. The van der Waals surface area contributed by atoms with Crippen molar-refractivity contribution < 1.29 is 9.90 Å². The molecule has 0 aromatic carbocycles. The second-order valence-corrected chi connectivity index (χ2v) is 3.40. The van der Waals surface area contributed by atoms with Gasteiger partial charge in [0.2, 0.25) is 5.91 Å². The molecule has 2 N–H and O–H groups in total. The molecule has 0 bridgehead atoms. The van der Waals surface area contributed by atoms with Gasteiger partial charge in [-0.1, -0.05) is 13.8 Å². The first kappa shape index (κ1) is 8.53. The van der Waals surface area contributed by atoms with E-state index in [1.807, 2.05) is 13.8 Å². The smallest absolute Gasteiger partial charge is 0.225 e. The molecule has 64 valence electrons. The van der Waals surface area contributed by atoms with E-state index < -0.39 is 0 Å². The molecule has 1 rings (SSSR count). The van der Waals surface area contributed by atoms with E-state index in [0.29, 0.717) is 12.3 Å². The Morgan fingerprint density at radius 1 is 1.64 bits per heavy atom. The lowest BCUT2D eigenvalue weighted by Crippen LogP contribution is -2.60. The second kappa shape index (κ2) is 3.22. The van der Waals surface area contributed by atoms with Crippen molar-refractivity contribution in [2.45, 2.75) is 26.3 Å². The van der Waals surface area contributed by atoms with Crippen molar-refractivity contribution in [3.8, 4) is 0 Å². The Hall–Kier alpha value is -0.570. The molecule has 0 aromatic heterocycles. The van der Waals surface area contributed by atoms with Crippen LogP contribution >= 0.6 is 0 Å². The van der Waals surface area contributed by atoms with Crippen LogP contribution in [-0.2, 0) is 4.79 Å². The highest BCUT2D eigenvalue weighted by atomic mass is 16.3. The summed E-state index contributed by atoms with van der Waals surface area (Å²) in [5, 5.41) is 11.4. The van der Waals surface area contributed by atoms with Crippen LogP contribution in [0.3, 0.4) is 0 Å². The van der Waals surface area contributed by atoms with Crippen LogP contribution in [0.2, 0.25) is 0 Å². The van der Waals surface area contributed by atoms with Gasteiger partial charge in [-0.3, -0.25) is 4.79 Å². The summed E-state index contributed by atoms with van der Waals surface area (Å²) < 4.78 is 0. The Morgan fingerprint density at radius 2 is 2.27 bits per heavy atom. The van der Waals surface area contributed by atoms with E-state index in [-0.39, 0.29) is 24.5 Å². The normalized spacial score (nSPS) is 30.0. The Labute approximate surface area is 66.8 Å². The zero-order chi connectivity index (χ0) is 8.43. The van der Waals surface area contributed by atoms with Gasteiger partial charge in [-0.05, 0) is 12.3 Å². The molecule has 0 saturated carbocycles. The van der Waals surface area contributed by atoms with Gasteiger partial charge < -0.3 is 10.4 Å². The van der Waals surface area contributed by atoms with E-state index in [4.69, 9.17) is 5.11 Å². The molecule has 1 aliphatic heterocycles. The van der Waals surface area contributed by atoms with Gasteiger partial charge in [0, 0.05) is 12.6 Å². The predicted molar refractivity (Wildman–Crippen MR) is 42.0 cm³/mol. The molecule has 0 unspecified atom stereocenters. The number of rotatable bonds is 3. The lowest BCUT2D eigenvalue weighted by Gasteiger charge is -2.39. The van der Waals surface area contributed by atoms with Gasteiger partial charge in [-0.2, -0.15) is 0 Å². The molecular formula is C8H15NO2. The van der Waals surface area contributed by atoms with Crippen molar-refractivity contribution in [2.24, 2.45) is 11.8 Å². The summed E-state index contributed by atoms with van der Waals surface area (Å²) in [6.07, 6.45) is 0.689. The second-order valence-electron chi connectivity index (χ2n) is 3.40. The molecule has 0 aromatic rings. The molecule has 0 aliphatic carbocycles. The van der Waals surface area contributed by atoms with E-state index in [2.05, 4.69) is 5.32 Å². The first-order valence-corrected chi connectivity index (χ1v) is 4.08. The van der Waals surface area contributed by atoms with Crippen molar-refractivity contribution in [1.82, 2.24) is 5.32 Å². The standard InChI is InChI=1S/C8H15NO2/c1-5(2)7-6(3-4-10)9-8(7)11/h5-7,10H,3-4H2,1-2H3,(H,9,11)/t6-,7-/m1/s1. The van der Waals surface area contributed by atoms with Gasteiger partial charge in [0.15, 0.2) is 0 Å². The number of aliphatic hydroxyl groups is 1. The monoisotopic (exact) mass is 157 g/mol. The van der Waals surface area contributed by atoms with Crippen LogP contribution in [0, 0.1) is 11.8 Å². The summed E-state index contributed by atoms with van der Waals surface area (Å²) in [7, 11) is 0. The number of hydrogen-bond donors (Lipinski definition) is 2. The Kier molecular flexibility index (Phi) is 2.49. The number of carbonyl (C=O) groups is 1. The van der Waals surface area contributed by atoms with Crippen molar-refractivity contribution in [3.63, 3.8) is 0 Å². The summed E-state index contributed by atoms with van der Waals surface area (Å²) in [6, 6.07) is 0.215. The van der Waals surface area contributed by atoms with Gasteiger partial charge in [-0.15, -0.1) is 0 Å². The van der Waals surface area contributed by atoms with Gasteiger partial charge in [0.05, 0.1) is 5.92 Å². The zero-order valence-corrected chi connectivity index (χ0v) is 7.00. The van der Waals surface area contributed by atoms with E-state index in [1.165, 1.54) is 0 Å². The fourth-order valence-electron chi connectivity index (χ4n) is 1.61. The first-order valence-electron chi connectivity index (χ1n) is 4.08. The molecule has 2 atom stereocenters. The minimum Gasteiger partial charge on any atom is -0.396 e. The van der Waals surface area contributed by atoms with Crippen LogP contribution in [0.5, 0.6) is 0 Å². The first-order chi connectivity index (χ1) is 5.16. The van der Waals surface area contributed by atoms with E-state index in [0.717, 1.165) is 0 Å². The molecule has 0 radical (unpaired) electrons. The average Bonchev–Trinajstić information content (AvgIpc) is 1.85. The molecule has 1 fully saturated rings. The van der Waals surface area contributed by atoms with E-state index in [1.54, 1.807) is 0 Å². The molecule has 1 aliphatic rings. The van der Waals surface area contributed by atoms with Gasteiger partial charge in [-0.25, -0.2) is 0 Å². The van der Waals surface area contributed by atoms with Crippen molar-refractivity contribution in [3.05, 3.63) is 0 Å². The maximum Gasteiger partial charge on any atom is 0.225 e. The third-order valence-corrected chi connectivity index (χ3v) is 2.22. The number of amides is 1. The Morgan fingerprint density at radius 3 is 2.64 bits per heavy atom. The zero-order valence-electron chi connectivity index (χ0n) is 7.00. The highest BCUT2D eigenvalue weighted by Gasteiger charge is 2.40. The number of aliphatic hydroxyl groups excluding tert-OH is 1. The van der Waals surface area contributed by atoms with E-state index >= 15 is 0 Å². The molecule has 11 heavy (non-hydrogen) atoms. The lowest BCUT2D eigenvalue weighted by atomic mass is 9.80. The number of β-lactam (4-membered cyclic amide) rings is 1. The highest BCUT2D eigenvalue weighted by molar-refractivity contribution is 5.86. The average molecular weight is 157 g/mol. The minimum atomic E-state index is 0.127. The SMILES string of the molecule is CC(C)[C@H]1C(=O)N[C@@H]1CCO. The summed E-state index contributed by atoms with van der Waals surface area (Å²) >= 11 is 0. The van der Waals surface area contributed by atoms with Crippen LogP contribution in [-0.4, -0.2) is 23.7 Å². The predicted octanol–water partition coefficient (Wildman–Crippen LogP) is 0.139. The minimum absolute atomic E-state index is 0.127. The largest absolute Gasteiger partial charge is 0.396 e. The maximum atomic E-state index is 11.0. The molecule has 3 nitrogen and oxygen atoms in total. The van der Waals surface area contributed by atoms with Crippen molar-refractivity contribution >= 4 is 5.91 Å². The highest BCUT2D eigenvalue weighted by Crippen LogP contribution is 2.25. The van der Waals surface area contributed by atoms with Crippen LogP contribution < -0.4 is 5.32 Å². The molecular weight excluding hydrogens is 142 g/mol. The maximum absolute atomic E-state index is 11.0. The third-order valence-electron chi connectivity index (χ3n) is 2.22. The van der Waals surface area contributed by atoms with Crippen LogP contribution in [0.4, 0.5) is 0 Å². The molecule has 1 amide bonds. The number of nitrogens with one attached hydrogen (secondary N) is 1. The fraction of sp³-hybridized carbons (Fsp3) is 0.875.